The van der Waals surface area contributed by atoms with E-state index in [-0.39, 0.29) is 0 Å². The molecule has 0 spiro atoms. The summed E-state index contributed by atoms with van der Waals surface area (Å²) in [7, 11) is 2.00. The molecule has 0 aliphatic rings. The van der Waals surface area contributed by atoms with Crippen LogP contribution in [0.4, 0.5) is 0 Å². The van der Waals surface area contributed by atoms with E-state index in [2.05, 4.69) is 48.0 Å². The number of hydrogen-bond donors (Lipinski definition) is 1. The number of nitrogens with one attached hydrogen (secondary N) is 1. The van der Waals surface area contributed by atoms with Crippen LogP contribution in [0.5, 0.6) is 0 Å². The van der Waals surface area contributed by atoms with Crippen LogP contribution in [0.15, 0.2) is 35.7 Å². The van der Waals surface area contributed by atoms with Crippen LogP contribution in [0.3, 0.4) is 0 Å². The monoisotopic (exact) mass is 245 g/mol. The highest BCUT2D eigenvalue weighted by Gasteiger charge is 2.01. The van der Waals surface area contributed by atoms with Crippen LogP contribution in [-0.2, 0) is 12.8 Å². The molecule has 2 rings (SSSR count). The van der Waals surface area contributed by atoms with E-state index in [4.69, 9.17) is 0 Å². The predicted octanol–water partition coefficient (Wildman–Crippen LogP) is 3.41. The van der Waals surface area contributed by atoms with E-state index in [1.54, 1.807) is 0 Å². The molecule has 0 aliphatic heterocycles. The summed E-state index contributed by atoms with van der Waals surface area (Å²) in [5.41, 5.74) is 4.18. The Morgan fingerprint density at radius 1 is 1.18 bits per heavy atom. The maximum atomic E-state index is 3.19. The molecule has 0 radical (unpaired) electrons. The van der Waals surface area contributed by atoms with Gasteiger partial charge in [-0.05, 0) is 55.9 Å². The van der Waals surface area contributed by atoms with Gasteiger partial charge in [-0.3, -0.25) is 0 Å². The van der Waals surface area contributed by atoms with Crippen LogP contribution >= 0.6 is 11.3 Å². The van der Waals surface area contributed by atoms with Gasteiger partial charge < -0.3 is 5.32 Å². The summed E-state index contributed by atoms with van der Waals surface area (Å²) in [6.45, 7) is 3.21. The number of hydrogen-bond acceptors (Lipinski definition) is 2. The fraction of sp³-hybridized carbons (Fsp3) is 0.333. The first kappa shape index (κ1) is 12.3. The predicted molar refractivity (Wildman–Crippen MR) is 75.9 cm³/mol. The molecule has 2 heteroatoms. The van der Waals surface area contributed by atoms with Crippen molar-refractivity contribution in [3.8, 4) is 0 Å². The Balaban J connectivity index is 2.01. The lowest BCUT2D eigenvalue weighted by Crippen LogP contribution is -2.09. The minimum Gasteiger partial charge on any atom is -0.319 e. The lowest BCUT2D eigenvalue weighted by molar-refractivity contribution is 0.799. The third-order valence-corrected chi connectivity index (χ3v) is 3.87. The molecule has 0 fully saturated rings. The van der Waals surface area contributed by atoms with E-state index in [0.717, 1.165) is 19.4 Å². The molecule has 1 aromatic carbocycles. The van der Waals surface area contributed by atoms with Gasteiger partial charge in [0.2, 0.25) is 0 Å². The Morgan fingerprint density at radius 2 is 2.06 bits per heavy atom. The van der Waals surface area contributed by atoms with Crippen LogP contribution in [0, 0.1) is 6.92 Å². The van der Waals surface area contributed by atoms with E-state index >= 15 is 0 Å². The van der Waals surface area contributed by atoms with Gasteiger partial charge in [0.25, 0.3) is 0 Å². The van der Waals surface area contributed by atoms with Gasteiger partial charge in [-0.25, -0.2) is 0 Å². The Bertz CT molecular complexity index is 473. The Labute approximate surface area is 108 Å². The topological polar surface area (TPSA) is 12.0 Å². The minimum atomic E-state index is 1.05. The zero-order valence-corrected chi connectivity index (χ0v) is 11.3. The molecule has 0 bridgehead atoms. The van der Waals surface area contributed by atoms with Crippen LogP contribution < -0.4 is 5.32 Å². The second-order valence-corrected chi connectivity index (χ2v) is 5.44. The van der Waals surface area contributed by atoms with E-state index < -0.39 is 0 Å². The van der Waals surface area contributed by atoms with Crippen molar-refractivity contribution in [1.82, 2.24) is 5.32 Å². The number of aryl methyl sites for hydroxylation is 1. The van der Waals surface area contributed by atoms with E-state index in [1.807, 2.05) is 18.4 Å². The first-order valence-corrected chi connectivity index (χ1v) is 6.92. The summed E-state index contributed by atoms with van der Waals surface area (Å²) in [6, 6.07) is 11.1. The van der Waals surface area contributed by atoms with Crippen molar-refractivity contribution in [2.24, 2.45) is 0 Å². The molecule has 0 saturated heterocycles. The van der Waals surface area contributed by atoms with Gasteiger partial charge in [-0.15, -0.1) is 11.3 Å². The average Bonchev–Trinajstić information content (AvgIpc) is 2.74. The van der Waals surface area contributed by atoms with Crippen molar-refractivity contribution in [2.45, 2.75) is 19.8 Å². The zero-order valence-electron chi connectivity index (χ0n) is 10.5. The Hall–Kier alpha value is -1.12. The van der Waals surface area contributed by atoms with Crippen LogP contribution in [0.1, 0.15) is 21.6 Å². The first-order chi connectivity index (χ1) is 8.28. The molecule has 0 aliphatic carbocycles. The molecule has 17 heavy (non-hydrogen) atoms. The average molecular weight is 245 g/mol. The maximum Gasteiger partial charge on any atom is 0.00608 e. The van der Waals surface area contributed by atoms with Crippen molar-refractivity contribution in [3.05, 3.63) is 57.3 Å². The standard InChI is InChI=1S/C15H19NS/c1-12-4-3-5-13(8-12)9-14-10-15(17-11-14)6-7-16-2/h3-5,8,10-11,16H,6-7,9H2,1-2H3. The van der Waals surface area contributed by atoms with Crippen molar-refractivity contribution < 1.29 is 0 Å². The summed E-state index contributed by atoms with van der Waals surface area (Å²) in [6.07, 6.45) is 2.19. The minimum absolute atomic E-state index is 1.05. The molecule has 1 N–H and O–H groups in total. The SMILES string of the molecule is CNCCc1cc(Cc2cccc(C)c2)cs1. The summed E-state index contributed by atoms with van der Waals surface area (Å²) in [4.78, 5) is 1.47. The molecular formula is C15H19NS. The molecule has 0 saturated carbocycles. The third-order valence-electron chi connectivity index (χ3n) is 2.82. The first-order valence-electron chi connectivity index (χ1n) is 6.04. The van der Waals surface area contributed by atoms with Gasteiger partial charge in [0.05, 0.1) is 0 Å². The lowest BCUT2D eigenvalue weighted by Gasteiger charge is -2.00. The van der Waals surface area contributed by atoms with Gasteiger partial charge in [-0.2, -0.15) is 0 Å². The van der Waals surface area contributed by atoms with Crippen LogP contribution in [0.2, 0.25) is 0 Å². The zero-order chi connectivity index (χ0) is 12.1. The molecule has 0 atom stereocenters. The number of benzene rings is 1. The molecule has 90 valence electrons. The molecule has 2 aromatic rings. The lowest BCUT2D eigenvalue weighted by atomic mass is 10.1. The normalized spacial score (nSPS) is 10.7. The van der Waals surface area contributed by atoms with Crippen molar-refractivity contribution in [1.29, 1.82) is 0 Å². The highest BCUT2D eigenvalue weighted by Crippen LogP contribution is 2.18. The van der Waals surface area contributed by atoms with E-state index in [0.29, 0.717) is 0 Å². The molecule has 1 aromatic heterocycles. The summed E-state index contributed by atoms with van der Waals surface area (Å²) < 4.78 is 0. The summed E-state index contributed by atoms with van der Waals surface area (Å²) >= 11 is 1.87. The fourth-order valence-electron chi connectivity index (χ4n) is 1.96. The van der Waals surface area contributed by atoms with E-state index in [1.165, 1.54) is 21.6 Å². The molecule has 0 unspecified atom stereocenters. The Morgan fingerprint density at radius 3 is 2.82 bits per heavy atom. The second kappa shape index (κ2) is 5.99. The maximum absolute atomic E-state index is 3.19. The highest BCUT2D eigenvalue weighted by molar-refractivity contribution is 7.10. The Kier molecular flexibility index (Phi) is 4.35. The number of likely N-dealkylation sites (N-methyl/N-ethyl adjacent to an activating group) is 1. The third kappa shape index (κ3) is 3.69. The molecule has 0 amide bonds. The van der Waals surface area contributed by atoms with Gasteiger partial charge in [0.15, 0.2) is 0 Å². The van der Waals surface area contributed by atoms with Gasteiger partial charge in [0.1, 0.15) is 0 Å². The largest absolute Gasteiger partial charge is 0.319 e. The van der Waals surface area contributed by atoms with Gasteiger partial charge in [-0.1, -0.05) is 29.8 Å². The number of rotatable bonds is 5. The van der Waals surface area contributed by atoms with Crippen molar-refractivity contribution in [3.63, 3.8) is 0 Å². The van der Waals surface area contributed by atoms with Gasteiger partial charge >= 0.3 is 0 Å². The second-order valence-electron chi connectivity index (χ2n) is 4.44. The van der Waals surface area contributed by atoms with E-state index in [9.17, 15) is 0 Å². The fourth-order valence-corrected chi connectivity index (χ4v) is 2.85. The summed E-state index contributed by atoms with van der Waals surface area (Å²) in [5.74, 6) is 0. The van der Waals surface area contributed by atoms with Gasteiger partial charge in [0, 0.05) is 4.88 Å². The summed E-state index contributed by atoms with van der Waals surface area (Å²) in [5, 5.41) is 5.47. The number of thiophene rings is 1. The van der Waals surface area contributed by atoms with Crippen molar-refractivity contribution >= 4 is 11.3 Å². The van der Waals surface area contributed by atoms with Crippen molar-refractivity contribution in [2.75, 3.05) is 13.6 Å². The van der Waals surface area contributed by atoms with Crippen LogP contribution in [-0.4, -0.2) is 13.6 Å². The smallest absolute Gasteiger partial charge is 0.00608 e. The van der Waals surface area contributed by atoms with Crippen LogP contribution in [0.25, 0.3) is 0 Å². The molecule has 1 nitrogen and oxygen atoms in total. The highest BCUT2D eigenvalue weighted by atomic mass is 32.1. The molecule has 1 heterocycles. The molecular weight excluding hydrogens is 226 g/mol. The quantitative estimate of drug-likeness (QED) is 0.851.